The summed E-state index contributed by atoms with van der Waals surface area (Å²) in [7, 11) is 0. The molecule has 0 saturated carbocycles. The van der Waals surface area contributed by atoms with Crippen molar-refractivity contribution in [1.29, 1.82) is 0 Å². The van der Waals surface area contributed by atoms with Crippen LogP contribution >= 0.6 is 28.3 Å². The number of benzene rings is 2. The van der Waals surface area contributed by atoms with Gasteiger partial charge in [-0.2, -0.15) is 0 Å². The fourth-order valence-corrected chi connectivity index (χ4v) is 3.19. The van der Waals surface area contributed by atoms with Crippen LogP contribution < -0.4 is 4.80 Å². The highest BCUT2D eigenvalue weighted by Gasteiger charge is 2.06. The van der Waals surface area contributed by atoms with E-state index in [1.54, 1.807) is 23.5 Å². The lowest BCUT2D eigenvalue weighted by Crippen LogP contribution is -2.14. The maximum Gasteiger partial charge on any atom is 0.190 e. The van der Waals surface area contributed by atoms with Crippen LogP contribution in [0.25, 0.3) is 11.3 Å². The summed E-state index contributed by atoms with van der Waals surface area (Å²) in [6.45, 7) is 2.99. The van der Waals surface area contributed by atoms with Crippen molar-refractivity contribution in [3.8, 4) is 17.0 Å². The summed E-state index contributed by atoms with van der Waals surface area (Å²) >= 11 is 1.63. The minimum Gasteiger partial charge on any atom is -0.508 e. The van der Waals surface area contributed by atoms with Gasteiger partial charge in [0, 0.05) is 11.9 Å². The van der Waals surface area contributed by atoms with Crippen molar-refractivity contribution in [3.63, 3.8) is 0 Å². The van der Waals surface area contributed by atoms with E-state index in [0.29, 0.717) is 0 Å². The van der Waals surface area contributed by atoms with Crippen LogP contribution in [-0.4, -0.2) is 9.67 Å². The standard InChI is InChI=1S/C17H16N2OS.BrH/c1-2-19-16(13-6-4-3-5-7-13)12-21-17(19)18-14-8-10-15(20)11-9-14;/h3-12,20H,2H2,1H3;1H. The quantitative estimate of drug-likeness (QED) is 0.703. The molecule has 1 N–H and O–H groups in total. The van der Waals surface area contributed by atoms with E-state index in [2.05, 4.69) is 34.0 Å². The molecule has 0 aliphatic carbocycles. The van der Waals surface area contributed by atoms with Gasteiger partial charge in [0.15, 0.2) is 4.80 Å². The number of phenols is 1. The number of aromatic nitrogens is 1. The summed E-state index contributed by atoms with van der Waals surface area (Å²) < 4.78 is 2.20. The van der Waals surface area contributed by atoms with E-state index < -0.39 is 0 Å². The van der Waals surface area contributed by atoms with Crippen molar-refractivity contribution >= 4 is 34.0 Å². The van der Waals surface area contributed by atoms with Gasteiger partial charge in [0.05, 0.1) is 11.4 Å². The van der Waals surface area contributed by atoms with Crippen LogP contribution in [0.5, 0.6) is 5.75 Å². The molecule has 0 fully saturated rings. The molecule has 3 rings (SSSR count). The van der Waals surface area contributed by atoms with Crippen LogP contribution in [0, 0.1) is 0 Å². The second-order valence-corrected chi connectivity index (χ2v) is 5.48. The van der Waals surface area contributed by atoms with Gasteiger partial charge >= 0.3 is 0 Å². The minimum absolute atomic E-state index is 0. The molecule has 5 heteroatoms. The number of phenolic OH excluding ortho intramolecular Hbond substituents is 1. The summed E-state index contributed by atoms with van der Waals surface area (Å²) in [5, 5.41) is 11.5. The topological polar surface area (TPSA) is 37.5 Å². The van der Waals surface area contributed by atoms with E-state index in [1.807, 2.05) is 30.3 Å². The SMILES string of the molecule is Br.CCn1c(-c2ccccc2)csc1=Nc1ccc(O)cc1. The molecule has 2 aromatic carbocycles. The van der Waals surface area contributed by atoms with E-state index in [9.17, 15) is 5.11 Å². The van der Waals surface area contributed by atoms with Gasteiger partial charge in [0.25, 0.3) is 0 Å². The Kier molecular flexibility index (Phi) is 5.57. The number of halogens is 1. The highest BCUT2D eigenvalue weighted by Crippen LogP contribution is 2.21. The molecule has 0 aliphatic heterocycles. The maximum atomic E-state index is 9.33. The Morgan fingerprint density at radius 3 is 2.36 bits per heavy atom. The first-order chi connectivity index (χ1) is 10.3. The summed E-state index contributed by atoms with van der Waals surface area (Å²) in [5.74, 6) is 0.258. The van der Waals surface area contributed by atoms with Gasteiger partial charge in [-0.1, -0.05) is 30.3 Å². The molecule has 0 radical (unpaired) electrons. The number of hydrogen-bond acceptors (Lipinski definition) is 3. The van der Waals surface area contributed by atoms with Gasteiger partial charge in [-0.15, -0.1) is 28.3 Å². The summed E-state index contributed by atoms with van der Waals surface area (Å²) in [6, 6.07) is 17.3. The lowest BCUT2D eigenvalue weighted by Gasteiger charge is -2.05. The Bertz CT molecular complexity index is 792. The fraction of sp³-hybridized carbons (Fsp3) is 0.118. The predicted molar refractivity (Wildman–Crippen MR) is 97.1 cm³/mol. The highest BCUT2D eigenvalue weighted by atomic mass is 79.9. The molecule has 0 spiro atoms. The monoisotopic (exact) mass is 376 g/mol. The van der Waals surface area contributed by atoms with Gasteiger partial charge in [-0.05, 0) is 36.8 Å². The summed E-state index contributed by atoms with van der Waals surface area (Å²) in [5.41, 5.74) is 3.22. The zero-order chi connectivity index (χ0) is 14.7. The van der Waals surface area contributed by atoms with E-state index in [-0.39, 0.29) is 22.7 Å². The summed E-state index contributed by atoms with van der Waals surface area (Å²) in [6.07, 6.45) is 0. The van der Waals surface area contributed by atoms with Crippen LogP contribution in [0.2, 0.25) is 0 Å². The second-order valence-electron chi connectivity index (χ2n) is 4.64. The molecule has 1 heterocycles. The molecule has 0 amide bonds. The number of aromatic hydroxyl groups is 1. The minimum atomic E-state index is 0. The molecule has 1 aromatic heterocycles. The molecule has 0 bridgehead atoms. The van der Waals surface area contributed by atoms with Crippen LogP contribution in [0.15, 0.2) is 65.0 Å². The lowest BCUT2D eigenvalue weighted by molar-refractivity contribution is 0.475. The zero-order valence-electron chi connectivity index (χ0n) is 12.1. The molecular formula is C17H17BrN2OS. The van der Waals surface area contributed by atoms with Crippen molar-refractivity contribution < 1.29 is 5.11 Å². The predicted octanol–water partition coefficient (Wildman–Crippen LogP) is 4.75. The highest BCUT2D eigenvalue weighted by molar-refractivity contribution is 8.93. The number of rotatable bonds is 3. The third-order valence-electron chi connectivity index (χ3n) is 3.26. The van der Waals surface area contributed by atoms with Crippen LogP contribution in [0.4, 0.5) is 5.69 Å². The van der Waals surface area contributed by atoms with E-state index >= 15 is 0 Å². The smallest absolute Gasteiger partial charge is 0.190 e. The Morgan fingerprint density at radius 2 is 1.73 bits per heavy atom. The lowest BCUT2D eigenvalue weighted by atomic mass is 10.2. The molecule has 0 saturated heterocycles. The average molecular weight is 377 g/mol. The number of nitrogens with zero attached hydrogens (tertiary/aromatic N) is 2. The van der Waals surface area contributed by atoms with Crippen molar-refractivity contribution in [3.05, 3.63) is 64.8 Å². The Morgan fingerprint density at radius 1 is 1.05 bits per heavy atom. The van der Waals surface area contributed by atoms with Gasteiger partial charge in [0.1, 0.15) is 5.75 Å². The molecule has 3 nitrogen and oxygen atoms in total. The van der Waals surface area contributed by atoms with E-state index in [0.717, 1.165) is 17.0 Å². The third kappa shape index (κ3) is 3.48. The van der Waals surface area contributed by atoms with Gasteiger partial charge in [0.2, 0.25) is 0 Å². The molecule has 22 heavy (non-hydrogen) atoms. The number of hydrogen-bond donors (Lipinski definition) is 1. The zero-order valence-corrected chi connectivity index (χ0v) is 14.7. The molecule has 3 aromatic rings. The Hall–Kier alpha value is -1.85. The largest absolute Gasteiger partial charge is 0.508 e. The first-order valence-corrected chi connectivity index (χ1v) is 7.73. The first-order valence-electron chi connectivity index (χ1n) is 6.85. The Labute approximate surface area is 144 Å². The normalized spacial score (nSPS) is 11.2. The second kappa shape index (κ2) is 7.42. The molecule has 0 aliphatic rings. The van der Waals surface area contributed by atoms with Crippen LogP contribution in [-0.2, 0) is 6.54 Å². The average Bonchev–Trinajstić information content (AvgIpc) is 2.93. The van der Waals surface area contributed by atoms with Gasteiger partial charge in [-0.3, -0.25) is 0 Å². The van der Waals surface area contributed by atoms with Crippen molar-refractivity contribution in [2.75, 3.05) is 0 Å². The molecule has 114 valence electrons. The van der Waals surface area contributed by atoms with Crippen LogP contribution in [0.3, 0.4) is 0 Å². The van der Waals surface area contributed by atoms with Gasteiger partial charge < -0.3 is 9.67 Å². The third-order valence-corrected chi connectivity index (χ3v) is 4.12. The summed E-state index contributed by atoms with van der Waals surface area (Å²) in [4.78, 5) is 5.63. The van der Waals surface area contributed by atoms with Crippen molar-refractivity contribution in [2.24, 2.45) is 4.99 Å². The molecule has 0 unspecified atom stereocenters. The first kappa shape index (κ1) is 16.5. The number of thiazole rings is 1. The molecular weight excluding hydrogens is 360 g/mol. The van der Waals surface area contributed by atoms with Gasteiger partial charge in [-0.25, -0.2) is 4.99 Å². The van der Waals surface area contributed by atoms with Crippen molar-refractivity contribution in [2.45, 2.75) is 13.5 Å². The fourth-order valence-electron chi connectivity index (χ4n) is 2.20. The van der Waals surface area contributed by atoms with Crippen LogP contribution in [0.1, 0.15) is 6.92 Å². The Balaban J connectivity index is 0.00000176. The van der Waals surface area contributed by atoms with E-state index in [1.165, 1.54) is 11.3 Å². The molecule has 0 atom stereocenters. The van der Waals surface area contributed by atoms with Crippen molar-refractivity contribution in [1.82, 2.24) is 4.57 Å². The maximum absolute atomic E-state index is 9.33. The van der Waals surface area contributed by atoms with E-state index in [4.69, 9.17) is 0 Å².